The number of esters is 1. The predicted molar refractivity (Wildman–Crippen MR) is 55.6 cm³/mol. The van der Waals surface area contributed by atoms with Crippen molar-refractivity contribution in [2.45, 2.75) is 26.9 Å². The molecule has 2 atom stereocenters. The Morgan fingerprint density at radius 3 is 2.81 bits per heavy atom. The third kappa shape index (κ3) is 3.96. The van der Waals surface area contributed by atoms with Gasteiger partial charge in [-0.05, 0) is 20.8 Å². The van der Waals surface area contributed by atoms with E-state index in [4.69, 9.17) is 13.6 Å². The fourth-order valence-corrected chi connectivity index (χ4v) is 2.53. The van der Waals surface area contributed by atoms with Crippen molar-refractivity contribution in [2.24, 2.45) is 0 Å². The summed E-state index contributed by atoms with van der Waals surface area (Å²) in [5.74, 6) is -0.422. The Kier molecular flexibility index (Phi) is 4.53. The highest BCUT2D eigenvalue weighted by atomic mass is 31.2. The molecule has 1 rings (SSSR count). The van der Waals surface area contributed by atoms with Gasteiger partial charge in [0, 0.05) is 0 Å². The first-order valence-corrected chi connectivity index (χ1v) is 6.39. The monoisotopic (exact) mass is 250 g/mol. The zero-order valence-electron chi connectivity index (χ0n) is 9.47. The lowest BCUT2D eigenvalue weighted by atomic mass is 10.5. The molecule has 1 heterocycles. The molecule has 1 fully saturated rings. The van der Waals surface area contributed by atoms with Crippen LogP contribution >= 0.6 is 7.82 Å². The molecule has 1 aliphatic rings. The minimum absolute atomic E-state index is 0.135. The highest BCUT2D eigenvalue weighted by Gasteiger charge is 2.38. The summed E-state index contributed by atoms with van der Waals surface area (Å²) < 4.78 is 31.2. The van der Waals surface area contributed by atoms with Gasteiger partial charge in [-0.3, -0.25) is 9.05 Å². The number of carbonyl (C=O) groups is 1. The number of rotatable bonds is 4. The third-order valence-corrected chi connectivity index (χ3v) is 3.23. The molecule has 0 bridgehead atoms. The van der Waals surface area contributed by atoms with E-state index in [9.17, 15) is 9.36 Å². The molecule has 1 saturated heterocycles. The van der Waals surface area contributed by atoms with E-state index in [1.165, 1.54) is 6.92 Å². The second-order valence-electron chi connectivity index (χ2n) is 3.26. The molecule has 7 heteroatoms. The summed E-state index contributed by atoms with van der Waals surface area (Å²) in [6.45, 7) is 5.36. The molecule has 0 N–H and O–H groups in total. The van der Waals surface area contributed by atoms with E-state index in [-0.39, 0.29) is 25.1 Å². The van der Waals surface area contributed by atoms with Crippen LogP contribution in [-0.4, -0.2) is 25.3 Å². The average Bonchev–Trinajstić information content (AvgIpc) is 2.45. The van der Waals surface area contributed by atoms with Gasteiger partial charge >= 0.3 is 13.8 Å². The molecule has 0 aromatic heterocycles. The van der Waals surface area contributed by atoms with E-state index in [1.54, 1.807) is 13.8 Å². The van der Waals surface area contributed by atoms with E-state index in [2.05, 4.69) is 4.74 Å². The number of phosphoric ester groups is 1. The third-order valence-electron chi connectivity index (χ3n) is 1.64. The molecule has 1 aliphatic heterocycles. The second-order valence-corrected chi connectivity index (χ2v) is 4.80. The minimum Gasteiger partial charge on any atom is -0.463 e. The van der Waals surface area contributed by atoms with Crippen LogP contribution in [0.1, 0.15) is 20.8 Å². The van der Waals surface area contributed by atoms with Gasteiger partial charge < -0.3 is 9.26 Å². The molecule has 92 valence electrons. The van der Waals surface area contributed by atoms with Crippen LogP contribution in [0.4, 0.5) is 0 Å². The van der Waals surface area contributed by atoms with Crippen LogP contribution in [0.5, 0.6) is 0 Å². The summed E-state index contributed by atoms with van der Waals surface area (Å²) in [5, 5.41) is 0. The Balaban J connectivity index is 2.54. The van der Waals surface area contributed by atoms with Crippen LogP contribution in [0, 0.1) is 0 Å². The van der Waals surface area contributed by atoms with Crippen molar-refractivity contribution < 1.29 is 27.7 Å². The van der Waals surface area contributed by atoms with E-state index in [0.29, 0.717) is 0 Å². The van der Waals surface area contributed by atoms with Crippen molar-refractivity contribution in [2.75, 3.05) is 13.2 Å². The Morgan fingerprint density at radius 1 is 1.62 bits per heavy atom. The summed E-state index contributed by atoms with van der Waals surface area (Å²) in [4.78, 5) is 11.0. The Labute approximate surface area is 94.1 Å². The Morgan fingerprint density at radius 2 is 2.31 bits per heavy atom. The summed E-state index contributed by atoms with van der Waals surface area (Å²) >= 11 is 0. The fourth-order valence-electron chi connectivity index (χ4n) is 1.08. The van der Waals surface area contributed by atoms with E-state index >= 15 is 0 Å². The summed E-state index contributed by atoms with van der Waals surface area (Å²) in [5.41, 5.74) is 0. The molecule has 6 nitrogen and oxygen atoms in total. The lowest BCUT2D eigenvalue weighted by molar-refractivity contribution is -0.137. The van der Waals surface area contributed by atoms with Gasteiger partial charge in [-0.2, -0.15) is 0 Å². The number of hydrogen-bond acceptors (Lipinski definition) is 6. The molecule has 16 heavy (non-hydrogen) atoms. The van der Waals surface area contributed by atoms with E-state index in [1.807, 2.05) is 0 Å². The van der Waals surface area contributed by atoms with Gasteiger partial charge in [0.25, 0.3) is 0 Å². The molecule has 0 aromatic carbocycles. The number of carbonyl (C=O) groups excluding carboxylic acids is 1. The van der Waals surface area contributed by atoms with Gasteiger partial charge in [0.05, 0.1) is 25.4 Å². The van der Waals surface area contributed by atoms with Gasteiger partial charge in [-0.15, -0.1) is 0 Å². The van der Waals surface area contributed by atoms with Crippen molar-refractivity contribution in [3.8, 4) is 0 Å². The van der Waals surface area contributed by atoms with Gasteiger partial charge in [-0.1, -0.05) is 0 Å². The molecule has 0 amide bonds. The van der Waals surface area contributed by atoms with Crippen molar-refractivity contribution in [3.05, 3.63) is 11.8 Å². The van der Waals surface area contributed by atoms with Gasteiger partial charge in [0.1, 0.15) is 5.76 Å². The molecule has 0 aliphatic carbocycles. The van der Waals surface area contributed by atoms with Crippen LogP contribution < -0.4 is 0 Å². The Hall–Kier alpha value is -0.840. The van der Waals surface area contributed by atoms with Crippen molar-refractivity contribution in [3.63, 3.8) is 0 Å². The quantitative estimate of drug-likeness (QED) is 0.329. The van der Waals surface area contributed by atoms with E-state index < -0.39 is 13.8 Å². The number of allylic oxidation sites excluding steroid dienone is 1. The highest BCUT2D eigenvalue weighted by molar-refractivity contribution is 7.48. The van der Waals surface area contributed by atoms with E-state index in [0.717, 1.165) is 6.08 Å². The number of ether oxygens (including phenoxy) is 1. The average molecular weight is 250 g/mol. The highest BCUT2D eigenvalue weighted by Crippen LogP contribution is 2.56. The second kappa shape index (κ2) is 5.48. The lowest BCUT2D eigenvalue weighted by Crippen LogP contribution is -2.02. The normalized spacial score (nSPS) is 30.2. The first-order valence-electron chi connectivity index (χ1n) is 4.93. The molecular weight excluding hydrogens is 235 g/mol. The van der Waals surface area contributed by atoms with Crippen LogP contribution in [0.25, 0.3) is 0 Å². The van der Waals surface area contributed by atoms with Crippen LogP contribution in [0.3, 0.4) is 0 Å². The van der Waals surface area contributed by atoms with Crippen molar-refractivity contribution in [1.29, 1.82) is 0 Å². The number of hydrogen-bond donors (Lipinski definition) is 0. The molecular formula is C9H15O6P. The van der Waals surface area contributed by atoms with Crippen LogP contribution in [0.2, 0.25) is 0 Å². The first kappa shape index (κ1) is 13.2. The predicted octanol–water partition coefficient (Wildman–Crippen LogP) is 2.01. The fraction of sp³-hybridized carbons (Fsp3) is 0.667. The lowest BCUT2D eigenvalue weighted by Gasteiger charge is -2.11. The SMILES string of the molecule is CCOC(=O)/C=C(/C)OP1(=O)OCC(C)O1. The zero-order chi connectivity index (χ0) is 12.2. The molecule has 0 spiro atoms. The maximum absolute atomic E-state index is 11.7. The summed E-state index contributed by atoms with van der Waals surface area (Å²) in [6.07, 6.45) is 0.819. The molecule has 2 unspecified atom stereocenters. The minimum atomic E-state index is -3.53. The van der Waals surface area contributed by atoms with Gasteiger partial charge in [0.2, 0.25) is 0 Å². The Bertz CT molecular complexity index is 337. The largest absolute Gasteiger partial charge is 0.530 e. The maximum atomic E-state index is 11.7. The first-order chi connectivity index (χ1) is 7.45. The van der Waals surface area contributed by atoms with Crippen LogP contribution in [0.15, 0.2) is 11.8 Å². The van der Waals surface area contributed by atoms with Crippen LogP contribution in [-0.2, 0) is 27.7 Å². The van der Waals surface area contributed by atoms with Crippen molar-refractivity contribution in [1.82, 2.24) is 0 Å². The molecule has 0 saturated carbocycles. The number of phosphoric acid groups is 1. The summed E-state index contributed by atoms with van der Waals surface area (Å²) in [6, 6.07) is 0. The zero-order valence-corrected chi connectivity index (χ0v) is 10.4. The van der Waals surface area contributed by atoms with Gasteiger partial charge in [0.15, 0.2) is 0 Å². The smallest absolute Gasteiger partial charge is 0.463 e. The summed E-state index contributed by atoms with van der Waals surface area (Å²) in [7, 11) is -3.53. The maximum Gasteiger partial charge on any atom is 0.530 e. The topological polar surface area (TPSA) is 71.1 Å². The standard InChI is InChI=1S/C9H15O6P/c1-4-12-9(10)5-7(2)14-16(11)13-6-8(3)15-16/h5,8H,4,6H2,1-3H3/b7-5-. The molecule has 0 radical (unpaired) electrons. The molecule has 0 aromatic rings. The van der Waals surface area contributed by atoms with Crippen molar-refractivity contribution >= 4 is 13.8 Å². The van der Waals surface area contributed by atoms with Gasteiger partial charge in [-0.25, -0.2) is 9.36 Å².